The summed E-state index contributed by atoms with van der Waals surface area (Å²) >= 11 is 0. The highest BCUT2D eigenvalue weighted by Crippen LogP contribution is 2.00. The van der Waals surface area contributed by atoms with Crippen molar-refractivity contribution in [2.75, 3.05) is 13.2 Å². The van der Waals surface area contributed by atoms with E-state index in [-0.39, 0.29) is 13.2 Å². The fourth-order valence-electron chi connectivity index (χ4n) is 0.623. The highest BCUT2D eigenvalue weighted by atomic mass is 16.8. The Morgan fingerprint density at radius 3 is 2.21 bits per heavy atom. The maximum absolute atomic E-state index is 10.8. The van der Waals surface area contributed by atoms with Crippen LogP contribution in [-0.2, 0) is 14.2 Å². The molecular weight excluding hydrogens is 188 g/mol. The molecule has 0 N–H and O–H groups in total. The van der Waals surface area contributed by atoms with Gasteiger partial charge in [0.1, 0.15) is 0 Å². The minimum Gasteiger partial charge on any atom is -0.434 e. The number of carbonyl (C=O) groups is 2. The van der Waals surface area contributed by atoms with E-state index < -0.39 is 12.3 Å². The van der Waals surface area contributed by atoms with Crippen LogP contribution in [-0.4, -0.2) is 25.5 Å². The van der Waals surface area contributed by atoms with Crippen molar-refractivity contribution < 1.29 is 23.8 Å². The summed E-state index contributed by atoms with van der Waals surface area (Å²) < 4.78 is 13.1. The fraction of sp³-hybridized carbons (Fsp3) is 0.778. The van der Waals surface area contributed by atoms with E-state index in [1.165, 1.54) is 0 Å². The Balaban J connectivity index is 3.50. The van der Waals surface area contributed by atoms with Crippen molar-refractivity contribution in [1.29, 1.82) is 0 Å². The molecule has 82 valence electrons. The number of hydrogen-bond acceptors (Lipinski definition) is 5. The molecule has 0 unspecified atom stereocenters. The maximum Gasteiger partial charge on any atom is 0.518 e. The van der Waals surface area contributed by atoms with Crippen molar-refractivity contribution in [3.8, 4) is 0 Å². The first kappa shape index (κ1) is 12.7. The summed E-state index contributed by atoms with van der Waals surface area (Å²) in [5, 5.41) is 0. The van der Waals surface area contributed by atoms with Crippen LogP contribution in [0.1, 0.15) is 27.2 Å². The zero-order valence-electron chi connectivity index (χ0n) is 8.74. The maximum atomic E-state index is 10.8. The third-order valence-corrected chi connectivity index (χ3v) is 1.34. The molecule has 0 spiro atoms. The number of rotatable bonds is 4. The lowest BCUT2D eigenvalue weighted by atomic mass is 10.1. The van der Waals surface area contributed by atoms with Crippen LogP contribution in [0.5, 0.6) is 0 Å². The van der Waals surface area contributed by atoms with Gasteiger partial charge in [-0.1, -0.05) is 13.8 Å². The molecule has 0 bridgehead atoms. The second kappa shape index (κ2) is 7.17. The first-order valence-electron chi connectivity index (χ1n) is 4.57. The summed E-state index contributed by atoms with van der Waals surface area (Å²) in [6, 6.07) is 0. The smallest absolute Gasteiger partial charge is 0.434 e. The molecule has 0 amide bonds. The summed E-state index contributed by atoms with van der Waals surface area (Å²) in [5.41, 5.74) is 0. The molecule has 0 aromatic carbocycles. The van der Waals surface area contributed by atoms with Crippen LogP contribution in [0.3, 0.4) is 0 Å². The van der Waals surface area contributed by atoms with Crippen LogP contribution in [0.25, 0.3) is 0 Å². The van der Waals surface area contributed by atoms with Crippen LogP contribution in [0.4, 0.5) is 9.59 Å². The molecule has 0 atom stereocenters. The molecule has 5 heteroatoms. The van der Waals surface area contributed by atoms with E-state index in [0.29, 0.717) is 5.92 Å². The number of ether oxygens (including phenoxy) is 3. The lowest BCUT2D eigenvalue weighted by Crippen LogP contribution is -2.16. The second-order valence-corrected chi connectivity index (χ2v) is 3.07. The van der Waals surface area contributed by atoms with Crippen LogP contribution in [0.2, 0.25) is 0 Å². The Kier molecular flexibility index (Phi) is 6.53. The van der Waals surface area contributed by atoms with Gasteiger partial charge in [0.05, 0.1) is 13.2 Å². The summed E-state index contributed by atoms with van der Waals surface area (Å²) in [6.07, 6.45) is -1.30. The molecule has 14 heavy (non-hydrogen) atoms. The van der Waals surface area contributed by atoms with Gasteiger partial charge in [-0.25, -0.2) is 9.59 Å². The lowest BCUT2D eigenvalue weighted by molar-refractivity contribution is 0.0371. The fourth-order valence-corrected chi connectivity index (χ4v) is 0.623. The lowest BCUT2D eigenvalue weighted by Gasteiger charge is -2.05. The average Bonchev–Trinajstić information content (AvgIpc) is 2.03. The van der Waals surface area contributed by atoms with E-state index in [0.717, 1.165) is 6.42 Å². The van der Waals surface area contributed by atoms with E-state index in [9.17, 15) is 9.59 Å². The van der Waals surface area contributed by atoms with Gasteiger partial charge in [0.25, 0.3) is 0 Å². The predicted molar refractivity (Wildman–Crippen MR) is 48.9 cm³/mol. The van der Waals surface area contributed by atoms with Crippen molar-refractivity contribution in [2.24, 2.45) is 5.92 Å². The zero-order chi connectivity index (χ0) is 11.0. The van der Waals surface area contributed by atoms with Gasteiger partial charge in [0, 0.05) is 0 Å². The molecule has 0 aliphatic rings. The molecule has 0 aliphatic heterocycles. The van der Waals surface area contributed by atoms with Gasteiger partial charge in [0.15, 0.2) is 0 Å². The van der Waals surface area contributed by atoms with Gasteiger partial charge in [-0.3, -0.25) is 0 Å². The minimum absolute atomic E-state index is 0.165. The first-order valence-corrected chi connectivity index (χ1v) is 4.57. The Hall–Kier alpha value is -1.26. The van der Waals surface area contributed by atoms with Crippen molar-refractivity contribution >= 4 is 12.3 Å². The molecule has 0 radical (unpaired) electrons. The number of hydrogen-bond donors (Lipinski definition) is 0. The van der Waals surface area contributed by atoms with E-state index in [4.69, 9.17) is 0 Å². The Morgan fingerprint density at radius 2 is 1.71 bits per heavy atom. The summed E-state index contributed by atoms with van der Waals surface area (Å²) in [5.74, 6) is 0.436. The van der Waals surface area contributed by atoms with Gasteiger partial charge >= 0.3 is 12.3 Å². The predicted octanol–water partition coefficient (Wildman–Crippen LogP) is 2.34. The molecule has 0 saturated heterocycles. The van der Waals surface area contributed by atoms with Crippen LogP contribution < -0.4 is 0 Å². The van der Waals surface area contributed by atoms with Crippen LogP contribution in [0.15, 0.2) is 0 Å². The van der Waals surface area contributed by atoms with Gasteiger partial charge < -0.3 is 14.2 Å². The second-order valence-electron chi connectivity index (χ2n) is 3.07. The molecule has 0 fully saturated rings. The molecule has 0 aromatic rings. The topological polar surface area (TPSA) is 61.8 Å². The highest BCUT2D eigenvalue weighted by molar-refractivity contribution is 5.76. The number of carbonyl (C=O) groups excluding carboxylic acids is 2. The van der Waals surface area contributed by atoms with Crippen LogP contribution in [0, 0.1) is 5.92 Å². The van der Waals surface area contributed by atoms with Gasteiger partial charge in [-0.05, 0) is 19.3 Å². The third-order valence-electron chi connectivity index (χ3n) is 1.34. The molecule has 0 heterocycles. The zero-order valence-corrected chi connectivity index (χ0v) is 8.74. The average molecular weight is 204 g/mol. The largest absolute Gasteiger partial charge is 0.518 e. The van der Waals surface area contributed by atoms with Gasteiger partial charge in [-0.15, -0.1) is 0 Å². The van der Waals surface area contributed by atoms with E-state index >= 15 is 0 Å². The van der Waals surface area contributed by atoms with Gasteiger partial charge in [0.2, 0.25) is 0 Å². The normalized spacial score (nSPS) is 9.71. The van der Waals surface area contributed by atoms with E-state index in [1.54, 1.807) is 6.92 Å². The Morgan fingerprint density at radius 1 is 1.14 bits per heavy atom. The summed E-state index contributed by atoms with van der Waals surface area (Å²) in [6.45, 7) is 6.03. The molecule has 0 aromatic heterocycles. The summed E-state index contributed by atoms with van der Waals surface area (Å²) in [4.78, 5) is 21.4. The van der Waals surface area contributed by atoms with E-state index in [1.807, 2.05) is 13.8 Å². The molecule has 0 saturated carbocycles. The molecule has 5 nitrogen and oxygen atoms in total. The SMILES string of the molecule is CCOC(=O)OC(=O)OCCC(C)C. The van der Waals surface area contributed by atoms with E-state index in [2.05, 4.69) is 14.2 Å². The summed E-state index contributed by atoms with van der Waals surface area (Å²) in [7, 11) is 0. The van der Waals surface area contributed by atoms with Crippen molar-refractivity contribution in [2.45, 2.75) is 27.2 Å². The molecule has 0 aliphatic carbocycles. The van der Waals surface area contributed by atoms with Gasteiger partial charge in [-0.2, -0.15) is 0 Å². The quantitative estimate of drug-likeness (QED) is 0.519. The minimum atomic E-state index is -1.03. The van der Waals surface area contributed by atoms with Crippen molar-refractivity contribution in [3.63, 3.8) is 0 Å². The Labute approximate surface area is 83.3 Å². The standard InChI is InChI=1S/C9H16O5/c1-4-12-8(10)14-9(11)13-6-5-7(2)3/h7H,4-6H2,1-3H3. The monoisotopic (exact) mass is 204 g/mol. The first-order chi connectivity index (χ1) is 6.56. The molecule has 0 rings (SSSR count). The van der Waals surface area contributed by atoms with Crippen molar-refractivity contribution in [3.05, 3.63) is 0 Å². The Bertz CT molecular complexity index is 188. The highest BCUT2D eigenvalue weighted by Gasteiger charge is 2.11. The third kappa shape index (κ3) is 7.39. The van der Waals surface area contributed by atoms with Crippen LogP contribution >= 0.6 is 0 Å². The van der Waals surface area contributed by atoms with Crippen molar-refractivity contribution in [1.82, 2.24) is 0 Å². The molecular formula is C9H16O5.